The van der Waals surface area contributed by atoms with E-state index in [1.54, 1.807) is 28.8 Å². The van der Waals surface area contributed by atoms with Gasteiger partial charge < -0.3 is 4.74 Å². The number of halogens is 5. The summed E-state index contributed by atoms with van der Waals surface area (Å²) in [6.07, 6.45) is -2.22. The zero-order chi connectivity index (χ0) is 24.5. The molecular formula is C25H19ClF4N2O2. The predicted octanol–water partition coefficient (Wildman–Crippen LogP) is 7.07. The molecule has 9 heteroatoms. The molecule has 0 aliphatic carbocycles. The van der Waals surface area contributed by atoms with Gasteiger partial charge in [0.15, 0.2) is 5.78 Å². The van der Waals surface area contributed by atoms with Crippen molar-refractivity contribution in [3.63, 3.8) is 0 Å². The number of Topliss-reactive ketones (excluding diaryl/α,β-unsaturated/α-hetero) is 1. The van der Waals surface area contributed by atoms with Crippen molar-refractivity contribution >= 4 is 23.0 Å². The van der Waals surface area contributed by atoms with E-state index in [1.807, 2.05) is 6.92 Å². The van der Waals surface area contributed by atoms with Crippen LogP contribution in [0.5, 0.6) is 5.75 Å². The lowest BCUT2D eigenvalue weighted by Gasteiger charge is -2.11. The maximum atomic E-state index is 14.8. The fourth-order valence-electron chi connectivity index (χ4n) is 3.79. The van der Waals surface area contributed by atoms with Crippen LogP contribution in [0.25, 0.3) is 16.8 Å². The lowest BCUT2D eigenvalue weighted by molar-refractivity contribution is -0.274. The minimum atomic E-state index is -4.84. The molecule has 2 heterocycles. The molecule has 0 fully saturated rings. The second-order valence-electron chi connectivity index (χ2n) is 7.65. The number of ketones is 1. The highest BCUT2D eigenvalue weighted by atomic mass is 35.5. The number of hydrogen-bond acceptors (Lipinski definition) is 3. The first-order valence-corrected chi connectivity index (χ1v) is 10.9. The molecule has 2 aromatic heterocycles. The van der Waals surface area contributed by atoms with Gasteiger partial charge in [-0.15, -0.1) is 13.2 Å². The normalized spacial score (nSPS) is 11.7. The molecule has 0 bridgehead atoms. The van der Waals surface area contributed by atoms with E-state index in [1.165, 1.54) is 24.3 Å². The molecule has 0 saturated carbocycles. The first kappa shape index (κ1) is 23.8. The summed E-state index contributed by atoms with van der Waals surface area (Å²) in [6.45, 7) is 1.91. The molecule has 4 rings (SSSR count). The van der Waals surface area contributed by atoms with Crippen molar-refractivity contribution in [1.82, 2.24) is 9.38 Å². The molecule has 4 aromatic rings. The Morgan fingerprint density at radius 3 is 2.62 bits per heavy atom. The molecule has 0 saturated heterocycles. The van der Waals surface area contributed by atoms with Crippen LogP contribution in [-0.2, 0) is 12.8 Å². The van der Waals surface area contributed by atoms with Crippen LogP contribution < -0.4 is 4.74 Å². The van der Waals surface area contributed by atoms with Crippen molar-refractivity contribution in [3.8, 4) is 16.9 Å². The number of carbonyl (C=O) groups is 1. The zero-order valence-electron chi connectivity index (χ0n) is 18.0. The number of alkyl halides is 3. The van der Waals surface area contributed by atoms with E-state index < -0.39 is 17.9 Å². The number of fused-ring (bicyclic) bond motifs is 1. The lowest BCUT2D eigenvalue weighted by Crippen LogP contribution is -2.17. The SMILES string of the molecule is CCc1nc2ccc(Cl)cn2c1C(=O)CCc1ccc(-c2cccc(OC(F)(F)F)c2)c(F)c1. The Morgan fingerprint density at radius 2 is 1.91 bits per heavy atom. The smallest absolute Gasteiger partial charge is 0.406 e. The third kappa shape index (κ3) is 5.22. The Morgan fingerprint density at radius 1 is 1.12 bits per heavy atom. The van der Waals surface area contributed by atoms with E-state index in [0.29, 0.717) is 34.0 Å². The summed E-state index contributed by atoms with van der Waals surface area (Å²) in [7, 11) is 0. The van der Waals surface area contributed by atoms with Gasteiger partial charge in [-0.25, -0.2) is 9.37 Å². The Balaban J connectivity index is 1.52. The van der Waals surface area contributed by atoms with Crippen molar-refractivity contribution in [1.29, 1.82) is 0 Å². The highest BCUT2D eigenvalue weighted by molar-refractivity contribution is 6.30. The third-order valence-electron chi connectivity index (χ3n) is 5.31. The van der Waals surface area contributed by atoms with Crippen molar-refractivity contribution < 1.29 is 27.1 Å². The minimum Gasteiger partial charge on any atom is -0.406 e. The summed E-state index contributed by atoms with van der Waals surface area (Å²) in [5.74, 6) is -1.18. The highest BCUT2D eigenvalue weighted by Gasteiger charge is 2.31. The number of imidazole rings is 1. The molecule has 0 N–H and O–H groups in total. The second-order valence-corrected chi connectivity index (χ2v) is 8.09. The van der Waals surface area contributed by atoms with Gasteiger partial charge in [0.25, 0.3) is 0 Å². The van der Waals surface area contributed by atoms with E-state index in [9.17, 15) is 22.4 Å². The van der Waals surface area contributed by atoms with Crippen LogP contribution in [0.4, 0.5) is 17.6 Å². The molecule has 176 valence electrons. The minimum absolute atomic E-state index is 0.126. The Hall–Kier alpha value is -3.39. The van der Waals surface area contributed by atoms with Crippen molar-refractivity contribution in [2.45, 2.75) is 32.5 Å². The predicted molar refractivity (Wildman–Crippen MR) is 121 cm³/mol. The van der Waals surface area contributed by atoms with Crippen LogP contribution in [-0.4, -0.2) is 21.5 Å². The first-order valence-electron chi connectivity index (χ1n) is 10.5. The molecular weight excluding hydrogens is 472 g/mol. The van der Waals surface area contributed by atoms with Gasteiger partial charge >= 0.3 is 6.36 Å². The molecule has 34 heavy (non-hydrogen) atoms. The quantitative estimate of drug-likeness (QED) is 0.205. The highest BCUT2D eigenvalue weighted by Crippen LogP contribution is 2.30. The van der Waals surface area contributed by atoms with Crippen LogP contribution in [0.15, 0.2) is 60.8 Å². The van der Waals surface area contributed by atoms with Gasteiger partial charge in [0, 0.05) is 18.2 Å². The zero-order valence-corrected chi connectivity index (χ0v) is 18.8. The second kappa shape index (κ2) is 9.46. The van der Waals surface area contributed by atoms with Gasteiger partial charge in [-0.2, -0.15) is 0 Å². The summed E-state index contributed by atoms with van der Waals surface area (Å²) in [4.78, 5) is 17.5. The van der Waals surface area contributed by atoms with Crippen LogP contribution in [0, 0.1) is 5.82 Å². The number of nitrogens with zero attached hydrogens (tertiary/aromatic N) is 2. The van der Waals surface area contributed by atoms with E-state index in [4.69, 9.17) is 11.6 Å². The summed E-state index contributed by atoms with van der Waals surface area (Å²) in [6, 6.07) is 13.0. The van der Waals surface area contributed by atoms with Crippen LogP contribution in [0.1, 0.15) is 35.1 Å². The van der Waals surface area contributed by atoms with Crippen LogP contribution in [0.2, 0.25) is 5.02 Å². The molecule has 0 atom stereocenters. The molecule has 4 nitrogen and oxygen atoms in total. The number of benzene rings is 2. The first-order chi connectivity index (χ1) is 16.1. The fourth-order valence-corrected chi connectivity index (χ4v) is 3.96. The third-order valence-corrected chi connectivity index (χ3v) is 5.53. The Kier molecular flexibility index (Phi) is 6.61. The van der Waals surface area contributed by atoms with Crippen LogP contribution in [0.3, 0.4) is 0 Å². The average Bonchev–Trinajstić information content (AvgIpc) is 3.14. The fraction of sp³-hybridized carbons (Fsp3) is 0.200. The number of aryl methyl sites for hydroxylation is 2. The van der Waals surface area contributed by atoms with E-state index in [0.717, 1.165) is 12.1 Å². The van der Waals surface area contributed by atoms with Gasteiger partial charge in [0.1, 0.15) is 22.9 Å². The summed E-state index contributed by atoms with van der Waals surface area (Å²) >= 11 is 6.08. The van der Waals surface area contributed by atoms with E-state index in [2.05, 4.69) is 9.72 Å². The Bertz CT molecular complexity index is 1370. The van der Waals surface area contributed by atoms with Gasteiger partial charge in [0.2, 0.25) is 0 Å². The van der Waals surface area contributed by atoms with E-state index in [-0.39, 0.29) is 29.8 Å². The lowest BCUT2D eigenvalue weighted by atomic mass is 9.99. The molecule has 0 aliphatic heterocycles. The Labute approximate surface area is 197 Å². The van der Waals surface area contributed by atoms with Gasteiger partial charge in [-0.05, 0) is 54.3 Å². The summed E-state index contributed by atoms with van der Waals surface area (Å²) in [5.41, 5.74) is 2.71. The van der Waals surface area contributed by atoms with Crippen molar-refractivity contribution in [3.05, 3.63) is 88.6 Å². The molecule has 0 radical (unpaired) electrons. The summed E-state index contributed by atoms with van der Waals surface area (Å²) in [5, 5.41) is 0.476. The molecule has 2 aromatic carbocycles. The number of aromatic nitrogens is 2. The van der Waals surface area contributed by atoms with Gasteiger partial charge in [-0.3, -0.25) is 9.20 Å². The number of rotatable bonds is 7. The molecule has 0 aliphatic rings. The topological polar surface area (TPSA) is 43.6 Å². The van der Waals surface area contributed by atoms with Crippen LogP contribution >= 0.6 is 11.6 Å². The number of pyridine rings is 1. The maximum Gasteiger partial charge on any atom is 0.573 e. The summed E-state index contributed by atoms with van der Waals surface area (Å²) < 4.78 is 57.8. The monoisotopic (exact) mass is 490 g/mol. The molecule has 0 unspecified atom stereocenters. The number of hydrogen-bond donors (Lipinski definition) is 0. The van der Waals surface area contributed by atoms with Crippen molar-refractivity contribution in [2.75, 3.05) is 0 Å². The largest absolute Gasteiger partial charge is 0.573 e. The number of ether oxygens (including phenoxy) is 1. The average molecular weight is 491 g/mol. The van der Waals surface area contributed by atoms with Crippen molar-refractivity contribution in [2.24, 2.45) is 0 Å². The number of carbonyl (C=O) groups excluding carboxylic acids is 1. The standard InChI is InChI=1S/C25H19ClF4N2O2/c1-2-21-24(32-14-17(26)8-11-23(32)31-21)22(33)10-7-15-6-9-19(20(27)12-15)16-4-3-5-18(13-16)34-25(28,29)30/h3-6,8-9,11-14H,2,7,10H2,1H3. The maximum absolute atomic E-state index is 14.8. The van der Waals surface area contributed by atoms with E-state index >= 15 is 0 Å². The van der Waals surface area contributed by atoms with Gasteiger partial charge in [0.05, 0.1) is 10.7 Å². The molecule has 0 amide bonds. The molecule has 0 spiro atoms. The van der Waals surface area contributed by atoms with Gasteiger partial charge in [-0.1, -0.05) is 42.8 Å².